The van der Waals surface area contributed by atoms with Crippen LogP contribution in [-0.2, 0) is 17.8 Å². The fourth-order valence-electron chi connectivity index (χ4n) is 1.96. The minimum absolute atomic E-state index is 0.483. The number of nitrogens with zero attached hydrogens (tertiary/aromatic N) is 1. The highest BCUT2D eigenvalue weighted by Gasteiger charge is 2.14. The van der Waals surface area contributed by atoms with E-state index in [-0.39, 0.29) is 0 Å². The predicted molar refractivity (Wildman–Crippen MR) is 66.8 cm³/mol. The molecule has 0 amide bonds. The van der Waals surface area contributed by atoms with E-state index in [4.69, 9.17) is 9.15 Å². The molecule has 0 aliphatic carbocycles. The van der Waals surface area contributed by atoms with E-state index < -0.39 is 0 Å². The molecule has 1 aliphatic rings. The molecule has 2 heterocycles. The lowest BCUT2D eigenvalue weighted by atomic mass is 10.2. The molecule has 17 heavy (non-hydrogen) atoms. The van der Waals surface area contributed by atoms with Crippen molar-refractivity contribution in [3.63, 3.8) is 0 Å². The zero-order chi connectivity index (χ0) is 12.1. The van der Waals surface area contributed by atoms with Crippen molar-refractivity contribution in [2.45, 2.75) is 33.0 Å². The third-order valence-corrected chi connectivity index (χ3v) is 3.01. The molecule has 1 fully saturated rings. The highest BCUT2D eigenvalue weighted by molar-refractivity contribution is 5.17. The largest absolute Gasteiger partial charge is 0.468 e. The molecular formula is C13H22N2O2. The first kappa shape index (κ1) is 12.6. The Morgan fingerprint density at radius 2 is 2.12 bits per heavy atom. The Labute approximate surface area is 103 Å². The molecule has 0 aromatic carbocycles. The van der Waals surface area contributed by atoms with Gasteiger partial charge in [-0.3, -0.25) is 4.90 Å². The van der Waals surface area contributed by atoms with Crippen molar-refractivity contribution in [2.75, 3.05) is 26.3 Å². The standard InChI is InChI=1S/C13H22N2O2/c1-11(2)14-9-13-12(3-6-17-13)10-15-4-7-16-8-5-15/h3,6,11,14H,4-5,7-10H2,1-2H3. The Morgan fingerprint density at radius 1 is 1.35 bits per heavy atom. The van der Waals surface area contributed by atoms with Gasteiger partial charge in [0.1, 0.15) is 5.76 Å². The quantitative estimate of drug-likeness (QED) is 0.845. The van der Waals surface area contributed by atoms with Gasteiger partial charge in [-0.15, -0.1) is 0 Å². The number of hydrogen-bond donors (Lipinski definition) is 1. The summed E-state index contributed by atoms with van der Waals surface area (Å²) in [4.78, 5) is 2.41. The molecule has 0 unspecified atom stereocenters. The lowest BCUT2D eigenvalue weighted by molar-refractivity contribution is 0.0339. The van der Waals surface area contributed by atoms with Crippen LogP contribution in [-0.4, -0.2) is 37.2 Å². The lowest BCUT2D eigenvalue weighted by Crippen LogP contribution is -2.35. The van der Waals surface area contributed by atoms with E-state index in [1.807, 2.05) is 0 Å². The Kier molecular flexibility index (Phi) is 4.59. The van der Waals surface area contributed by atoms with E-state index in [1.54, 1.807) is 6.26 Å². The molecule has 1 N–H and O–H groups in total. The SMILES string of the molecule is CC(C)NCc1occc1CN1CCOCC1. The molecule has 0 radical (unpaired) electrons. The summed E-state index contributed by atoms with van der Waals surface area (Å²) in [5.41, 5.74) is 1.29. The fourth-order valence-corrected chi connectivity index (χ4v) is 1.96. The predicted octanol–water partition coefficient (Wildman–Crippen LogP) is 1.61. The summed E-state index contributed by atoms with van der Waals surface area (Å²) < 4.78 is 10.9. The highest BCUT2D eigenvalue weighted by atomic mass is 16.5. The van der Waals surface area contributed by atoms with Crippen molar-refractivity contribution in [3.8, 4) is 0 Å². The van der Waals surface area contributed by atoms with E-state index in [2.05, 4.69) is 30.1 Å². The van der Waals surface area contributed by atoms with Gasteiger partial charge in [-0.1, -0.05) is 13.8 Å². The van der Waals surface area contributed by atoms with Gasteiger partial charge in [-0.05, 0) is 6.07 Å². The molecule has 0 spiro atoms. The Bertz CT molecular complexity index is 330. The average Bonchev–Trinajstić information content (AvgIpc) is 2.75. The summed E-state index contributed by atoms with van der Waals surface area (Å²) in [6, 6.07) is 2.56. The molecule has 4 heteroatoms. The molecule has 0 bridgehead atoms. The van der Waals surface area contributed by atoms with Gasteiger partial charge in [0.25, 0.3) is 0 Å². The number of furan rings is 1. The van der Waals surface area contributed by atoms with Gasteiger partial charge in [0.15, 0.2) is 0 Å². The van der Waals surface area contributed by atoms with Crippen molar-refractivity contribution < 1.29 is 9.15 Å². The van der Waals surface area contributed by atoms with Crippen LogP contribution in [0.3, 0.4) is 0 Å². The maximum atomic E-state index is 5.54. The summed E-state index contributed by atoms with van der Waals surface area (Å²) in [6.07, 6.45) is 1.78. The lowest BCUT2D eigenvalue weighted by Gasteiger charge is -2.26. The number of rotatable bonds is 5. The van der Waals surface area contributed by atoms with Gasteiger partial charge < -0.3 is 14.5 Å². The number of nitrogens with one attached hydrogen (secondary N) is 1. The van der Waals surface area contributed by atoms with E-state index in [0.717, 1.165) is 45.2 Å². The van der Waals surface area contributed by atoms with E-state index in [0.29, 0.717) is 6.04 Å². The van der Waals surface area contributed by atoms with Gasteiger partial charge in [-0.25, -0.2) is 0 Å². The third kappa shape index (κ3) is 3.84. The van der Waals surface area contributed by atoms with Crippen LogP contribution in [0.5, 0.6) is 0 Å². The van der Waals surface area contributed by atoms with E-state index in [1.165, 1.54) is 5.56 Å². The molecule has 1 aliphatic heterocycles. The van der Waals surface area contributed by atoms with Crippen molar-refractivity contribution in [1.82, 2.24) is 10.2 Å². The summed E-state index contributed by atoms with van der Waals surface area (Å²) in [7, 11) is 0. The molecule has 1 aromatic heterocycles. The molecule has 1 saturated heterocycles. The maximum Gasteiger partial charge on any atom is 0.122 e. The second-order valence-electron chi connectivity index (χ2n) is 4.79. The Hall–Kier alpha value is -0.840. The fraction of sp³-hybridized carbons (Fsp3) is 0.692. The van der Waals surface area contributed by atoms with Crippen LogP contribution in [0.25, 0.3) is 0 Å². The second kappa shape index (κ2) is 6.19. The number of ether oxygens (including phenoxy) is 1. The summed E-state index contributed by atoms with van der Waals surface area (Å²) >= 11 is 0. The van der Waals surface area contributed by atoms with Crippen LogP contribution >= 0.6 is 0 Å². The van der Waals surface area contributed by atoms with E-state index in [9.17, 15) is 0 Å². The monoisotopic (exact) mass is 238 g/mol. The average molecular weight is 238 g/mol. The van der Waals surface area contributed by atoms with Crippen LogP contribution in [0.2, 0.25) is 0 Å². The van der Waals surface area contributed by atoms with Crippen molar-refractivity contribution >= 4 is 0 Å². The number of hydrogen-bond acceptors (Lipinski definition) is 4. The summed E-state index contributed by atoms with van der Waals surface area (Å²) in [5, 5.41) is 3.39. The molecule has 2 rings (SSSR count). The summed E-state index contributed by atoms with van der Waals surface area (Å²) in [6.45, 7) is 9.79. The summed E-state index contributed by atoms with van der Waals surface area (Å²) in [5.74, 6) is 1.06. The first-order valence-electron chi connectivity index (χ1n) is 6.34. The normalized spacial score (nSPS) is 17.8. The van der Waals surface area contributed by atoms with Crippen LogP contribution in [0.4, 0.5) is 0 Å². The molecular weight excluding hydrogens is 216 g/mol. The Morgan fingerprint density at radius 3 is 2.82 bits per heavy atom. The van der Waals surface area contributed by atoms with Crippen LogP contribution in [0.1, 0.15) is 25.2 Å². The molecule has 0 atom stereocenters. The van der Waals surface area contributed by atoms with Gasteiger partial charge in [0, 0.05) is 31.2 Å². The van der Waals surface area contributed by atoms with Crippen molar-refractivity contribution in [3.05, 3.63) is 23.7 Å². The van der Waals surface area contributed by atoms with Crippen LogP contribution in [0.15, 0.2) is 16.7 Å². The van der Waals surface area contributed by atoms with Gasteiger partial charge in [0.2, 0.25) is 0 Å². The van der Waals surface area contributed by atoms with E-state index >= 15 is 0 Å². The molecule has 96 valence electrons. The molecule has 4 nitrogen and oxygen atoms in total. The highest BCUT2D eigenvalue weighted by Crippen LogP contribution is 2.14. The first-order valence-corrected chi connectivity index (χ1v) is 6.34. The van der Waals surface area contributed by atoms with Gasteiger partial charge in [-0.2, -0.15) is 0 Å². The van der Waals surface area contributed by atoms with Crippen LogP contribution in [0, 0.1) is 0 Å². The second-order valence-corrected chi connectivity index (χ2v) is 4.79. The molecule has 1 aromatic rings. The van der Waals surface area contributed by atoms with Crippen molar-refractivity contribution in [2.24, 2.45) is 0 Å². The molecule has 0 saturated carbocycles. The third-order valence-electron chi connectivity index (χ3n) is 3.01. The first-order chi connectivity index (χ1) is 8.25. The smallest absolute Gasteiger partial charge is 0.122 e. The minimum Gasteiger partial charge on any atom is -0.468 e. The van der Waals surface area contributed by atoms with Gasteiger partial charge >= 0.3 is 0 Å². The maximum absolute atomic E-state index is 5.54. The Balaban J connectivity index is 1.88. The zero-order valence-corrected chi connectivity index (χ0v) is 10.7. The van der Waals surface area contributed by atoms with Gasteiger partial charge in [0.05, 0.1) is 26.0 Å². The minimum atomic E-state index is 0.483. The number of morpholine rings is 1. The topological polar surface area (TPSA) is 37.6 Å². The van der Waals surface area contributed by atoms with Crippen molar-refractivity contribution in [1.29, 1.82) is 0 Å². The zero-order valence-electron chi connectivity index (χ0n) is 10.7. The van der Waals surface area contributed by atoms with Crippen LogP contribution < -0.4 is 5.32 Å².